The number of nitrogens with one attached hydrogen (secondary N) is 3. The molecule has 0 spiro atoms. The van der Waals surface area contributed by atoms with Gasteiger partial charge in [-0.05, 0) is 37.1 Å². The standard InChI is InChI=1S/C22H23FN4O3/c23-20-8-4-5-9-21(20)29-14-19-12-18(27-30-19)13-24-22(28)26-17-10-16(11-17)25-15-6-2-1-3-7-15/h1-9,12,16-17,25H,10-11,13-14H2,(H2,24,26,28). The third kappa shape index (κ3) is 5.28. The van der Waals surface area contributed by atoms with Gasteiger partial charge in [-0.2, -0.15) is 0 Å². The monoisotopic (exact) mass is 410 g/mol. The zero-order valence-electron chi connectivity index (χ0n) is 16.3. The lowest BCUT2D eigenvalue weighted by atomic mass is 9.86. The number of aromatic nitrogens is 1. The Labute approximate surface area is 173 Å². The van der Waals surface area contributed by atoms with E-state index in [2.05, 4.69) is 21.1 Å². The third-order valence-corrected chi connectivity index (χ3v) is 4.86. The molecular formula is C22H23FN4O3. The molecule has 7 nitrogen and oxygen atoms in total. The second-order valence-electron chi connectivity index (χ2n) is 7.21. The van der Waals surface area contributed by atoms with Gasteiger partial charge in [0, 0.05) is 23.8 Å². The van der Waals surface area contributed by atoms with Crippen LogP contribution in [0, 0.1) is 5.82 Å². The molecule has 0 aliphatic heterocycles. The summed E-state index contributed by atoms with van der Waals surface area (Å²) in [5.41, 5.74) is 1.65. The maximum Gasteiger partial charge on any atom is 0.315 e. The molecule has 1 aliphatic rings. The van der Waals surface area contributed by atoms with Gasteiger partial charge in [0.15, 0.2) is 17.3 Å². The van der Waals surface area contributed by atoms with Crippen LogP contribution in [-0.4, -0.2) is 23.3 Å². The van der Waals surface area contributed by atoms with Gasteiger partial charge in [0.2, 0.25) is 0 Å². The van der Waals surface area contributed by atoms with Crippen molar-refractivity contribution in [1.29, 1.82) is 0 Å². The average molecular weight is 410 g/mol. The summed E-state index contributed by atoms with van der Waals surface area (Å²) in [6, 6.07) is 18.1. The van der Waals surface area contributed by atoms with Crippen molar-refractivity contribution in [3.05, 3.63) is 77.9 Å². The van der Waals surface area contributed by atoms with Crippen LogP contribution in [0.15, 0.2) is 65.2 Å². The molecule has 1 aromatic heterocycles. The van der Waals surface area contributed by atoms with Gasteiger partial charge in [-0.3, -0.25) is 0 Å². The number of anilines is 1. The van der Waals surface area contributed by atoms with Crippen molar-refractivity contribution in [3.63, 3.8) is 0 Å². The van der Waals surface area contributed by atoms with E-state index in [0.717, 1.165) is 18.5 Å². The van der Waals surface area contributed by atoms with Crippen molar-refractivity contribution < 1.29 is 18.4 Å². The molecule has 0 bridgehead atoms. The summed E-state index contributed by atoms with van der Waals surface area (Å²) in [4.78, 5) is 12.1. The highest BCUT2D eigenvalue weighted by Gasteiger charge is 2.30. The largest absolute Gasteiger partial charge is 0.482 e. The molecule has 156 valence electrons. The Morgan fingerprint density at radius 1 is 1.10 bits per heavy atom. The number of carbonyl (C=O) groups is 1. The second-order valence-corrected chi connectivity index (χ2v) is 7.21. The minimum Gasteiger partial charge on any atom is -0.482 e. The SMILES string of the molecule is O=C(NCc1cc(COc2ccccc2F)on1)NC1CC(Nc2ccccc2)C1. The molecule has 1 aliphatic carbocycles. The fourth-order valence-electron chi connectivity index (χ4n) is 3.25. The Balaban J connectivity index is 1.14. The number of urea groups is 1. The van der Waals surface area contributed by atoms with Crippen LogP contribution < -0.4 is 20.7 Å². The van der Waals surface area contributed by atoms with E-state index in [-0.39, 0.29) is 31.0 Å². The smallest absolute Gasteiger partial charge is 0.315 e. The molecule has 0 radical (unpaired) electrons. The maximum atomic E-state index is 13.5. The Morgan fingerprint density at radius 3 is 2.67 bits per heavy atom. The van der Waals surface area contributed by atoms with Gasteiger partial charge in [0.05, 0.1) is 6.54 Å². The zero-order valence-corrected chi connectivity index (χ0v) is 16.3. The first-order valence-corrected chi connectivity index (χ1v) is 9.83. The van der Waals surface area contributed by atoms with E-state index in [4.69, 9.17) is 9.26 Å². The molecule has 1 fully saturated rings. The molecule has 3 N–H and O–H groups in total. The highest BCUT2D eigenvalue weighted by molar-refractivity contribution is 5.74. The fourth-order valence-corrected chi connectivity index (χ4v) is 3.25. The number of carbonyl (C=O) groups excluding carboxylic acids is 1. The Morgan fingerprint density at radius 2 is 1.87 bits per heavy atom. The highest BCUT2D eigenvalue weighted by Crippen LogP contribution is 2.24. The van der Waals surface area contributed by atoms with Gasteiger partial charge in [0.1, 0.15) is 12.3 Å². The van der Waals surface area contributed by atoms with Gasteiger partial charge in [-0.15, -0.1) is 0 Å². The molecular weight excluding hydrogens is 387 g/mol. The van der Waals surface area contributed by atoms with Crippen molar-refractivity contribution in [2.75, 3.05) is 5.32 Å². The Kier molecular flexibility index (Phi) is 6.12. The van der Waals surface area contributed by atoms with Gasteiger partial charge >= 0.3 is 6.03 Å². The first kappa shape index (κ1) is 19.8. The quantitative estimate of drug-likeness (QED) is 0.525. The topological polar surface area (TPSA) is 88.4 Å². The molecule has 1 heterocycles. The lowest BCUT2D eigenvalue weighted by Crippen LogP contribution is -2.52. The summed E-state index contributed by atoms with van der Waals surface area (Å²) in [6.07, 6.45) is 1.76. The maximum absolute atomic E-state index is 13.5. The van der Waals surface area contributed by atoms with Crippen LogP contribution in [0.3, 0.4) is 0 Å². The van der Waals surface area contributed by atoms with Crippen LogP contribution >= 0.6 is 0 Å². The first-order valence-electron chi connectivity index (χ1n) is 9.83. The predicted molar refractivity (Wildman–Crippen MR) is 109 cm³/mol. The van der Waals surface area contributed by atoms with Crippen LogP contribution in [0.5, 0.6) is 5.75 Å². The van der Waals surface area contributed by atoms with Gasteiger partial charge in [-0.25, -0.2) is 9.18 Å². The Hall–Kier alpha value is -3.55. The fraction of sp³-hybridized carbons (Fsp3) is 0.273. The summed E-state index contributed by atoms with van der Waals surface area (Å²) >= 11 is 0. The molecule has 8 heteroatoms. The first-order chi connectivity index (χ1) is 14.7. The molecule has 4 rings (SSSR count). The van der Waals surface area contributed by atoms with Crippen molar-refractivity contribution in [2.45, 2.75) is 38.1 Å². The number of amides is 2. The Bertz CT molecular complexity index is 973. The molecule has 0 saturated heterocycles. The molecule has 2 aromatic carbocycles. The van der Waals surface area contributed by atoms with Crippen LogP contribution in [0.2, 0.25) is 0 Å². The van der Waals surface area contributed by atoms with Gasteiger partial charge in [0.25, 0.3) is 0 Å². The van der Waals surface area contributed by atoms with Crippen LogP contribution in [0.25, 0.3) is 0 Å². The highest BCUT2D eigenvalue weighted by atomic mass is 19.1. The van der Waals surface area contributed by atoms with Crippen LogP contribution in [0.1, 0.15) is 24.3 Å². The number of hydrogen-bond donors (Lipinski definition) is 3. The molecule has 30 heavy (non-hydrogen) atoms. The van der Waals surface area contributed by atoms with E-state index in [1.165, 1.54) is 6.07 Å². The van der Waals surface area contributed by atoms with Crippen LogP contribution in [0.4, 0.5) is 14.9 Å². The second kappa shape index (κ2) is 9.30. The summed E-state index contributed by atoms with van der Waals surface area (Å²) in [5.74, 6) is 0.158. The zero-order chi connectivity index (χ0) is 20.8. The molecule has 0 atom stereocenters. The minimum absolute atomic E-state index is 0.0536. The van der Waals surface area contributed by atoms with E-state index in [0.29, 0.717) is 17.5 Å². The van der Waals surface area contributed by atoms with Gasteiger partial charge < -0.3 is 25.2 Å². The lowest BCUT2D eigenvalue weighted by Gasteiger charge is -2.36. The minimum atomic E-state index is -0.437. The van der Waals surface area contributed by atoms with Gasteiger partial charge in [-0.1, -0.05) is 35.5 Å². The van der Waals surface area contributed by atoms with E-state index in [9.17, 15) is 9.18 Å². The third-order valence-electron chi connectivity index (χ3n) is 4.86. The molecule has 2 amide bonds. The molecule has 0 unspecified atom stereocenters. The van der Waals surface area contributed by atoms with E-state index < -0.39 is 5.82 Å². The number of rotatable bonds is 8. The average Bonchev–Trinajstić information content (AvgIpc) is 3.19. The van der Waals surface area contributed by atoms with E-state index >= 15 is 0 Å². The van der Waals surface area contributed by atoms with Crippen molar-refractivity contribution in [1.82, 2.24) is 15.8 Å². The number of ether oxygens (including phenoxy) is 1. The number of nitrogens with zero attached hydrogens (tertiary/aromatic N) is 1. The summed E-state index contributed by atoms with van der Waals surface area (Å²) < 4.78 is 24.1. The number of para-hydroxylation sites is 2. The van der Waals surface area contributed by atoms with E-state index in [1.54, 1.807) is 24.3 Å². The number of hydrogen-bond acceptors (Lipinski definition) is 5. The van der Waals surface area contributed by atoms with Crippen molar-refractivity contribution in [3.8, 4) is 5.75 Å². The summed E-state index contributed by atoms with van der Waals surface area (Å²) in [6.45, 7) is 0.283. The number of benzene rings is 2. The predicted octanol–water partition coefficient (Wildman–Crippen LogP) is 3.84. The normalized spacial score (nSPS) is 17.6. The van der Waals surface area contributed by atoms with Crippen molar-refractivity contribution in [2.24, 2.45) is 0 Å². The summed E-state index contributed by atoms with van der Waals surface area (Å²) in [7, 11) is 0. The molecule has 1 saturated carbocycles. The number of halogens is 1. The van der Waals surface area contributed by atoms with Crippen molar-refractivity contribution >= 4 is 11.7 Å². The summed E-state index contributed by atoms with van der Waals surface area (Å²) in [5, 5.41) is 13.0. The molecule has 3 aromatic rings. The lowest BCUT2D eigenvalue weighted by molar-refractivity contribution is 0.224. The van der Waals surface area contributed by atoms with Crippen LogP contribution in [-0.2, 0) is 13.2 Å². The van der Waals surface area contributed by atoms with E-state index in [1.807, 2.05) is 30.3 Å².